The van der Waals surface area contributed by atoms with Crippen LogP contribution in [0.1, 0.15) is 64.2 Å². The molecular weight excluding hydrogens is 770 g/mol. The molecule has 0 bridgehead atoms. The second kappa shape index (κ2) is 20.3. The van der Waals surface area contributed by atoms with Gasteiger partial charge in [-0.2, -0.15) is 0 Å². The highest BCUT2D eigenvalue weighted by Crippen LogP contribution is 2.40. The van der Waals surface area contributed by atoms with Crippen molar-refractivity contribution in [3.8, 4) is 0 Å². The molecule has 2 fully saturated rings. The molecule has 308 valence electrons. The molecular formula is C35H44ClN3O17. The number of carboxylic acid groups (broad SMARTS) is 6. The third-order valence-electron chi connectivity index (χ3n) is 8.85. The van der Waals surface area contributed by atoms with Crippen LogP contribution in [0.4, 0.5) is 5.69 Å². The van der Waals surface area contributed by atoms with Gasteiger partial charge in [0.05, 0.1) is 36.9 Å². The lowest BCUT2D eigenvalue weighted by atomic mass is 9.89. The third-order valence-corrected chi connectivity index (χ3v) is 9.06. The van der Waals surface area contributed by atoms with Gasteiger partial charge in [-0.15, -0.1) is 0 Å². The fourth-order valence-corrected chi connectivity index (χ4v) is 6.30. The summed E-state index contributed by atoms with van der Waals surface area (Å²) in [6.07, 6.45) is 7.31. The number of aromatic nitrogens is 1. The predicted molar refractivity (Wildman–Crippen MR) is 192 cm³/mol. The van der Waals surface area contributed by atoms with E-state index in [1.165, 1.54) is 0 Å². The number of carboxylic acids is 6. The summed E-state index contributed by atoms with van der Waals surface area (Å²) in [6, 6.07) is 8.29. The largest absolute Gasteiger partial charge is 0.481 e. The third kappa shape index (κ3) is 13.7. The van der Waals surface area contributed by atoms with Crippen LogP contribution in [0.25, 0.3) is 10.9 Å². The number of aliphatic carboxylic acids is 6. The summed E-state index contributed by atoms with van der Waals surface area (Å²) >= 11 is 6.25. The van der Waals surface area contributed by atoms with Crippen LogP contribution in [-0.2, 0) is 43.3 Å². The van der Waals surface area contributed by atoms with Crippen LogP contribution in [0.2, 0.25) is 5.02 Å². The normalized spacial score (nSPS) is 21.7. The number of carbonyl (C=O) groups is 6. The first-order chi connectivity index (χ1) is 26.3. The van der Waals surface area contributed by atoms with E-state index in [1.807, 2.05) is 30.5 Å². The van der Waals surface area contributed by atoms with Crippen molar-refractivity contribution in [3.63, 3.8) is 0 Å². The summed E-state index contributed by atoms with van der Waals surface area (Å²) in [7, 11) is 0. The molecule has 2 aromatic rings. The van der Waals surface area contributed by atoms with Gasteiger partial charge in [0.2, 0.25) is 5.79 Å². The van der Waals surface area contributed by atoms with Crippen molar-refractivity contribution < 1.29 is 84.1 Å². The van der Waals surface area contributed by atoms with Gasteiger partial charge in [0.1, 0.15) is 12.2 Å². The van der Waals surface area contributed by atoms with Crippen molar-refractivity contribution in [1.29, 1.82) is 0 Å². The van der Waals surface area contributed by atoms with Crippen molar-refractivity contribution in [2.75, 3.05) is 18.4 Å². The molecule has 2 heterocycles. The summed E-state index contributed by atoms with van der Waals surface area (Å²) in [5, 5.41) is 76.5. The minimum atomic E-state index is -2.74. The van der Waals surface area contributed by atoms with Crippen molar-refractivity contribution in [1.82, 2.24) is 10.3 Å². The molecule has 2 aliphatic carbocycles. The Kier molecular flexibility index (Phi) is 16.4. The number of hydrogen-bond acceptors (Lipinski definition) is 14. The Morgan fingerprint density at radius 3 is 1.89 bits per heavy atom. The second-order valence-electron chi connectivity index (χ2n) is 13.4. The van der Waals surface area contributed by atoms with Crippen molar-refractivity contribution in [2.24, 2.45) is 0 Å². The highest BCUT2D eigenvalue weighted by molar-refractivity contribution is 6.31. The number of nitrogens with one attached hydrogen (secondary N) is 2. The monoisotopic (exact) mass is 813 g/mol. The molecule has 2 unspecified atom stereocenters. The zero-order valence-electron chi connectivity index (χ0n) is 29.8. The highest BCUT2D eigenvalue weighted by Gasteiger charge is 2.47. The SMILES string of the molecule is Clc1cc(NCCNC2CCC3(CC2)OOC2CCC=CC2O3)c2ncccc2c1.O=C(O)CC(O)(CC(=O)O)C(=O)O.O=C(O)CC(O)(CC(=O)O)C(=O)O. The zero-order chi connectivity index (χ0) is 41.7. The van der Waals surface area contributed by atoms with Crippen molar-refractivity contribution in [3.05, 3.63) is 47.6 Å². The highest BCUT2D eigenvalue weighted by atomic mass is 35.5. The van der Waals surface area contributed by atoms with Gasteiger partial charge in [-0.3, -0.25) is 24.2 Å². The van der Waals surface area contributed by atoms with Gasteiger partial charge >= 0.3 is 35.8 Å². The molecule has 1 saturated heterocycles. The standard InChI is InChI=1S/C23H28ClN3O3.2C6H8O7/c24-17-14-16-4-3-11-27-22(16)19(15-17)26-13-12-25-18-7-9-23(10-8-18)28-20-5-1-2-6-21(20)29-30-23;2*7-3(8)1-6(13,5(11)12)2-4(9)10/h1,3-5,11,14-15,18,20-21,25-26H,2,6-10,12-13H2;2*13H,1-2H2,(H,7,8)(H,9,10)(H,11,12). The van der Waals surface area contributed by atoms with E-state index in [0.717, 1.165) is 68.2 Å². The Bertz CT molecular complexity index is 1680. The number of benzene rings is 1. The Morgan fingerprint density at radius 1 is 0.821 bits per heavy atom. The van der Waals surface area contributed by atoms with E-state index >= 15 is 0 Å². The van der Waals surface area contributed by atoms with Crippen molar-refractivity contribution in [2.45, 2.75) is 99.4 Å². The number of nitrogens with zero attached hydrogens (tertiary/aromatic N) is 1. The minimum Gasteiger partial charge on any atom is -0.481 e. The number of anilines is 1. The van der Waals surface area contributed by atoms with Crippen LogP contribution >= 0.6 is 11.6 Å². The van der Waals surface area contributed by atoms with Gasteiger partial charge in [-0.05, 0) is 43.9 Å². The molecule has 1 aromatic heterocycles. The van der Waals surface area contributed by atoms with Crippen LogP contribution in [0, 0.1) is 0 Å². The van der Waals surface area contributed by atoms with Gasteiger partial charge in [-0.1, -0.05) is 29.8 Å². The van der Waals surface area contributed by atoms with Crippen LogP contribution in [0.5, 0.6) is 0 Å². The summed E-state index contributed by atoms with van der Waals surface area (Å²) in [6.45, 7) is 1.67. The van der Waals surface area contributed by atoms with E-state index in [1.54, 1.807) is 0 Å². The molecule has 3 aliphatic rings. The topological polar surface area (TPSA) is 329 Å². The van der Waals surface area contributed by atoms with E-state index in [0.29, 0.717) is 11.1 Å². The molecule has 10 N–H and O–H groups in total. The second-order valence-corrected chi connectivity index (χ2v) is 13.8. The Labute approximate surface area is 323 Å². The lowest BCUT2D eigenvalue weighted by molar-refractivity contribution is -0.503. The zero-order valence-corrected chi connectivity index (χ0v) is 30.6. The van der Waals surface area contributed by atoms with Gasteiger partial charge in [0, 0.05) is 48.6 Å². The summed E-state index contributed by atoms with van der Waals surface area (Å²) in [5.74, 6) is -10.6. The molecule has 0 radical (unpaired) electrons. The maximum absolute atomic E-state index is 10.3. The van der Waals surface area contributed by atoms with E-state index in [2.05, 4.69) is 27.8 Å². The number of hydrogen-bond donors (Lipinski definition) is 10. The Morgan fingerprint density at radius 2 is 1.38 bits per heavy atom. The maximum atomic E-state index is 10.3. The van der Waals surface area contributed by atoms with Gasteiger partial charge in [-0.25, -0.2) is 19.4 Å². The van der Waals surface area contributed by atoms with Gasteiger partial charge < -0.3 is 56.2 Å². The first kappa shape index (κ1) is 45.4. The molecule has 5 rings (SSSR count). The minimum absolute atomic E-state index is 0.0299. The quantitative estimate of drug-likeness (QED) is 0.0699. The average Bonchev–Trinajstić information content (AvgIpc) is 3.10. The number of ether oxygens (including phenoxy) is 1. The molecule has 1 aliphatic heterocycles. The Hall–Kier alpha value is -4.96. The number of fused-ring (bicyclic) bond motifs is 2. The van der Waals surface area contributed by atoms with Gasteiger partial charge in [0.15, 0.2) is 11.2 Å². The van der Waals surface area contributed by atoms with Crippen LogP contribution in [0.3, 0.4) is 0 Å². The number of rotatable bonds is 15. The molecule has 2 atom stereocenters. The average molecular weight is 814 g/mol. The molecule has 1 saturated carbocycles. The fourth-order valence-electron chi connectivity index (χ4n) is 6.07. The first-order valence-electron chi connectivity index (χ1n) is 17.3. The molecule has 1 spiro atoms. The smallest absolute Gasteiger partial charge is 0.336 e. The summed E-state index contributed by atoms with van der Waals surface area (Å²) < 4.78 is 6.31. The van der Waals surface area contributed by atoms with E-state index in [4.69, 9.17) is 67.0 Å². The fraction of sp³-hybridized carbons (Fsp3) is 0.514. The maximum Gasteiger partial charge on any atom is 0.336 e. The molecule has 21 heteroatoms. The van der Waals surface area contributed by atoms with E-state index in [-0.39, 0.29) is 12.2 Å². The van der Waals surface area contributed by atoms with Gasteiger partial charge in [0.25, 0.3) is 0 Å². The Balaban J connectivity index is 0.000000271. The number of halogens is 1. The lowest BCUT2D eigenvalue weighted by Gasteiger charge is -2.46. The molecule has 20 nitrogen and oxygen atoms in total. The summed E-state index contributed by atoms with van der Waals surface area (Å²) in [5.41, 5.74) is -3.56. The van der Waals surface area contributed by atoms with E-state index < -0.39 is 78.5 Å². The molecule has 56 heavy (non-hydrogen) atoms. The number of pyridine rings is 1. The van der Waals surface area contributed by atoms with Crippen LogP contribution < -0.4 is 10.6 Å². The van der Waals surface area contributed by atoms with Crippen LogP contribution in [-0.4, -0.2) is 130 Å². The number of allylic oxidation sites excluding steroid dienone is 1. The first-order valence-corrected chi connectivity index (χ1v) is 17.6. The van der Waals surface area contributed by atoms with E-state index in [9.17, 15) is 28.8 Å². The predicted octanol–water partition coefficient (Wildman–Crippen LogP) is 2.10. The number of aliphatic hydroxyl groups is 2. The molecule has 0 amide bonds. The molecule has 1 aromatic carbocycles. The van der Waals surface area contributed by atoms with Crippen molar-refractivity contribution >= 4 is 64.0 Å². The summed E-state index contributed by atoms with van der Waals surface area (Å²) in [4.78, 5) is 76.9. The lowest BCUT2D eigenvalue weighted by Crippen LogP contribution is -2.53. The van der Waals surface area contributed by atoms with Crippen LogP contribution in [0.15, 0.2) is 42.6 Å².